The van der Waals surface area contributed by atoms with Crippen LogP contribution in [0.25, 0.3) is 0 Å². The number of hydrogen-bond acceptors (Lipinski definition) is 4. The van der Waals surface area contributed by atoms with Crippen molar-refractivity contribution in [1.29, 1.82) is 0 Å². The van der Waals surface area contributed by atoms with Gasteiger partial charge >= 0.3 is 0 Å². The van der Waals surface area contributed by atoms with E-state index in [0.29, 0.717) is 12.4 Å². The molecule has 0 aliphatic rings. The third-order valence-electron chi connectivity index (χ3n) is 3.79. The molecular weight excluding hydrogens is 318 g/mol. The molecule has 1 N–H and O–H groups in total. The SMILES string of the molecule is CCOc1ccc([C@H](C)NC(=O)[C@H](C)Oc2ccc(OC)cc2)cc1. The van der Waals surface area contributed by atoms with E-state index in [9.17, 15) is 4.79 Å². The highest BCUT2D eigenvalue weighted by Gasteiger charge is 2.17. The average molecular weight is 343 g/mol. The van der Waals surface area contributed by atoms with Gasteiger partial charge in [0.15, 0.2) is 6.10 Å². The second kappa shape index (κ2) is 8.97. The lowest BCUT2D eigenvalue weighted by atomic mass is 10.1. The predicted molar refractivity (Wildman–Crippen MR) is 97.3 cm³/mol. The van der Waals surface area contributed by atoms with Gasteiger partial charge in [-0.05, 0) is 62.7 Å². The van der Waals surface area contributed by atoms with Crippen molar-refractivity contribution in [3.63, 3.8) is 0 Å². The molecule has 0 unspecified atom stereocenters. The second-order valence-electron chi connectivity index (χ2n) is 5.67. The molecule has 0 heterocycles. The van der Waals surface area contributed by atoms with E-state index in [2.05, 4.69) is 5.32 Å². The zero-order valence-electron chi connectivity index (χ0n) is 15.1. The van der Waals surface area contributed by atoms with E-state index in [1.54, 1.807) is 38.3 Å². The summed E-state index contributed by atoms with van der Waals surface area (Å²) in [7, 11) is 1.61. The molecule has 25 heavy (non-hydrogen) atoms. The molecule has 2 rings (SSSR count). The molecule has 0 saturated heterocycles. The summed E-state index contributed by atoms with van der Waals surface area (Å²) in [6.07, 6.45) is -0.599. The first-order valence-electron chi connectivity index (χ1n) is 8.37. The number of rotatable bonds is 8. The van der Waals surface area contributed by atoms with Crippen LogP contribution in [0.5, 0.6) is 17.2 Å². The number of carbonyl (C=O) groups excluding carboxylic acids is 1. The highest BCUT2D eigenvalue weighted by molar-refractivity contribution is 5.81. The first-order chi connectivity index (χ1) is 12.0. The Morgan fingerprint density at radius 3 is 2.08 bits per heavy atom. The molecule has 2 aromatic rings. The summed E-state index contributed by atoms with van der Waals surface area (Å²) in [6.45, 7) is 6.24. The Morgan fingerprint density at radius 2 is 1.52 bits per heavy atom. The molecule has 0 aliphatic carbocycles. The van der Waals surface area contributed by atoms with Gasteiger partial charge in [0.25, 0.3) is 5.91 Å². The second-order valence-corrected chi connectivity index (χ2v) is 5.67. The monoisotopic (exact) mass is 343 g/mol. The van der Waals surface area contributed by atoms with Crippen molar-refractivity contribution in [2.24, 2.45) is 0 Å². The molecule has 5 nitrogen and oxygen atoms in total. The van der Waals surface area contributed by atoms with Crippen molar-refractivity contribution >= 4 is 5.91 Å². The lowest BCUT2D eigenvalue weighted by Gasteiger charge is -2.19. The fourth-order valence-electron chi connectivity index (χ4n) is 2.35. The predicted octanol–water partition coefficient (Wildman–Crippen LogP) is 3.74. The van der Waals surface area contributed by atoms with Gasteiger partial charge < -0.3 is 19.5 Å². The molecule has 0 aliphatic heterocycles. The minimum atomic E-state index is -0.599. The van der Waals surface area contributed by atoms with Gasteiger partial charge in [-0.2, -0.15) is 0 Å². The van der Waals surface area contributed by atoms with Gasteiger partial charge in [0, 0.05) is 0 Å². The number of nitrogens with one attached hydrogen (secondary N) is 1. The van der Waals surface area contributed by atoms with Gasteiger partial charge in [0.2, 0.25) is 0 Å². The Labute approximate surface area is 148 Å². The van der Waals surface area contributed by atoms with Crippen LogP contribution in [0.15, 0.2) is 48.5 Å². The first-order valence-corrected chi connectivity index (χ1v) is 8.37. The van der Waals surface area contributed by atoms with Crippen molar-refractivity contribution in [3.05, 3.63) is 54.1 Å². The third kappa shape index (κ3) is 5.41. The van der Waals surface area contributed by atoms with Gasteiger partial charge in [-0.1, -0.05) is 12.1 Å². The van der Waals surface area contributed by atoms with E-state index >= 15 is 0 Å². The van der Waals surface area contributed by atoms with E-state index in [1.807, 2.05) is 38.1 Å². The number of hydrogen-bond donors (Lipinski definition) is 1. The summed E-state index contributed by atoms with van der Waals surface area (Å²) in [6, 6.07) is 14.7. The Morgan fingerprint density at radius 1 is 0.960 bits per heavy atom. The molecule has 0 bridgehead atoms. The summed E-state index contributed by atoms with van der Waals surface area (Å²) in [5, 5.41) is 2.96. The van der Waals surface area contributed by atoms with Crippen LogP contribution in [0.3, 0.4) is 0 Å². The minimum absolute atomic E-state index is 0.120. The molecule has 2 aromatic carbocycles. The number of ether oxygens (including phenoxy) is 3. The van der Waals surface area contributed by atoms with Crippen LogP contribution in [0.1, 0.15) is 32.4 Å². The molecule has 2 atom stereocenters. The van der Waals surface area contributed by atoms with Crippen LogP contribution in [0.4, 0.5) is 0 Å². The van der Waals surface area contributed by atoms with Gasteiger partial charge in [0.1, 0.15) is 17.2 Å². The van der Waals surface area contributed by atoms with Crippen LogP contribution in [0, 0.1) is 0 Å². The van der Waals surface area contributed by atoms with Crippen molar-refractivity contribution in [3.8, 4) is 17.2 Å². The average Bonchev–Trinajstić information content (AvgIpc) is 2.63. The quantitative estimate of drug-likeness (QED) is 0.793. The molecule has 0 aromatic heterocycles. The minimum Gasteiger partial charge on any atom is -0.497 e. The summed E-state index contributed by atoms with van der Waals surface area (Å²) < 4.78 is 16.2. The molecule has 0 fully saturated rings. The fourth-order valence-corrected chi connectivity index (χ4v) is 2.35. The maximum absolute atomic E-state index is 12.3. The van der Waals surface area contributed by atoms with E-state index in [4.69, 9.17) is 14.2 Å². The zero-order valence-corrected chi connectivity index (χ0v) is 15.1. The zero-order chi connectivity index (χ0) is 18.2. The summed E-state index contributed by atoms with van der Waals surface area (Å²) in [5.74, 6) is 2.02. The molecule has 0 saturated carbocycles. The van der Waals surface area contributed by atoms with Gasteiger partial charge in [-0.15, -0.1) is 0 Å². The van der Waals surface area contributed by atoms with Gasteiger partial charge in [0.05, 0.1) is 19.8 Å². The first kappa shape index (κ1) is 18.6. The molecular formula is C20H25NO4. The van der Waals surface area contributed by atoms with E-state index < -0.39 is 6.10 Å². The molecule has 134 valence electrons. The van der Waals surface area contributed by atoms with Crippen molar-refractivity contribution in [2.75, 3.05) is 13.7 Å². The lowest BCUT2D eigenvalue weighted by molar-refractivity contribution is -0.127. The normalized spacial score (nSPS) is 12.8. The standard InChI is InChI=1S/C20H25NO4/c1-5-24-18-8-6-16(7-9-18)14(2)21-20(22)15(3)25-19-12-10-17(23-4)11-13-19/h6-15H,5H2,1-4H3,(H,21,22)/t14-,15-/m0/s1. The molecule has 5 heteroatoms. The van der Waals surface area contributed by atoms with Crippen LogP contribution < -0.4 is 19.5 Å². The van der Waals surface area contributed by atoms with Crippen molar-refractivity contribution < 1.29 is 19.0 Å². The van der Waals surface area contributed by atoms with Crippen LogP contribution in [0.2, 0.25) is 0 Å². The largest absolute Gasteiger partial charge is 0.497 e. The number of amides is 1. The third-order valence-corrected chi connectivity index (χ3v) is 3.79. The van der Waals surface area contributed by atoms with Gasteiger partial charge in [-0.3, -0.25) is 4.79 Å². The summed E-state index contributed by atoms with van der Waals surface area (Å²) >= 11 is 0. The smallest absolute Gasteiger partial charge is 0.261 e. The van der Waals surface area contributed by atoms with Crippen molar-refractivity contribution in [1.82, 2.24) is 5.32 Å². The number of benzene rings is 2. The number of methoxy groups -OCH3 is 1. The van der Waals surface area contributed by atoms with E-state index in [1.165, 1.54) is 0 Å². The highest BCUT2D eigenvalue weighted by Crippen LogP contribution is 2.20. The summed E-state index contributed by atoms with van der Waals surface area (Å²) in [5.41, 5.74) is 1.01. The maximum atomic E-state index is 12.3. The molecule has 0 spiro atoms. The topological polar surface area (TPSA) is 56.8 Å². The lowest BCUT2D eigenvalue weighted by Crippen LogP contribution is -2.37. The van der Waals surface area contributed by atoms with Crippen molar-refractivity contribution in [2.45, 2.75) is 32.9 Å². The van der Waals surface area contributed by atoms with Crippen LogP contribution in [-0.4, -0.2) is 25.7 Å². The van der Waals surface area contributed by atoms with Crippen LogP contribution in [-0.2, 0) is 4.79 Å². The highest BCUT2D eigenvalue weighted by atomic mass is 16.5. The summed E-state index contributed by atoms with van der Waals surface area (Å²) in [4.78, 5) is 12.3. The Kier molecular flexibility index (Phi) is 6.69. The Hall–Kier alpha value is -2.69. The van der Waals surface area contributed by atoms with E-state index in [-0.39, 0.29) is 11.9 Å². The Bertz CT molecular complexity index is 667. The molecule has 0 radical (unpaired) electrons. The van der Waals surface area contributed by atoms with Crippen LogP contribution >= 0.6 is 0 Å². The molecule has 1 amide bonds. The fraction of sp³-hybridized carbons (Fsp3) is 0.350. The Balaban J connectivity index is 1.90. The van der Waals surface area contributed by atoms with Gasteiger partial charge in [-0.25, -0.2) is 0 Å². The number of carbonyl (C=O) groups is 1. The van der Waals surface area contributed by atoms with E-state index in [0.717, 1.165) is 17.1 Å². The maximum Gasteiger partial charge on any atom is 0.261 e.